The highest BCUT2D eigenvalue weighted by Crippen LogP contribution is 2.38. The molecule has 0 aromatic heterocycles. The molecule has 0 radical (unpaired) electrons. The molecule has 25 heavy (non-hydrogen) atoms. The number of anilines is 1. The predicted octanol–water partition coefficient (Wildman–Crippen LogP) is 4.07. The lowest BCUT2D eigenvalue weighted by molar-refractivity contribution is -0.384. The van der Waals surface area contributed by atoms with Gasteiger partial charge in [-0.15, -0.1) is 0 Å². The molecule has 0 fully saturated rings. The number of non-ortho nitro benzene ring substituents is 1. The van der Waals surface area contributed by atoms with Gasteiger partial charge in [0.15, 0.2) is 0 Å². The van der Waals surface area contributed by atoms with Gasteiger partial charge in [-0.05, 0) is 24.3 Å². The lowest BCUT2D eigenvalue weighted by atomic mass is 10.1. The van der Waals surface area contributed by atoms with E-state index in [0.717, 1.165) is 30.3 Å². The summed E-state index contributed by atoms with van der Waals surface area (Å²) in [5.41, 5.74) is -1.92. The zero-order valence-corrected chi connectivity index (χ0v) is 12.8. The third kappa shape index (κ3) is 2.72. The number of alkyl halides is 3. The second-order valence-corrected chi connectivity index (χ2v) is 5.50. The summed E-state index contributed by atoms with van der Waals surface area (Å²) in [5, 5.41) is 10.1. The summed E-state index contributed by atoms with van der Waals surface area (Å²) in [6.07, 6.45) is -4.68. The molecule has 0 saturated heterocycles. The van der Waals surface area contributed by atoms with Gasteiger partial charge < -0.3 is 0 Å². The first-order valence-corrected chi connectivity index (χ1v) is 7.03. The number of imide groups is 1. The first-order valence-electron chi connectivity index (χ1n) is 6.65. The van der Waals surface area contributed by atoms with Gasteiger partial charge in [-0.3, -0.25) is 19.7 Å². The van der Waals surface area contributed by atoms with E-state index in [1.54, 1.807) is 0 Å². The van der Waals surface area contributed by atoms with Crippen LogP contribution in [0.2, 0.25) is 5.02 Å². The van der Waals surface area contributed by atoms with Crippen LogP contribution in [0.15, 0.2) is 36.4 Å². The van der Waals surface area contributed by atoms with Crippen molar-refractivity contribution in [1.82, 2.24) is 0 Å². The van der Waals surface area contributed by atoms with Gasteiger partial charge in [-0.1, -0.05) is 11.6 Å². The third-order valence-electron chi connectivity index (χ3n) is 3.60. The molecule has 2 aromatic rings. The fourth-order valence-electron chi connectivity index (χ4n) is 2.45. The lowest BCUT2D eigenvalue weighted by Crippen LogP contribution is -2.29. The zero-order valence-electron chi connectivity index (χ0n) is 12.0. The number of halogens is 4. The number of nitro benzene ring substituents is 1. The van der Waals surface area contributed by atoms with Crippen molar-refractivity contribution in [3.05, 3.63) is 68.2 Å². The maximum atomic E-state index is 12.8. The molecule has 1 aliphatic rings. The molecule has 1 aliphatic heterocycles. The van der Waals surface area contributed by atoms with Crippen LogP contribution in [0.4, 0.5) is 24.5 Å². The monoisotopic (exact) mass is 370 g/mol. The number of benzene rings is 2. The molecule has 1 heterocycles. The van der Waals surface area contributed by atoms with Crippen LogP contribution in [0.1, 0.15) is 26.3 Å². The van der Waals surface area contributed by atoms with E-state index >= 15 is 0 Å². The van der Waals surface area contributed by atoms with Gasteiger partial charge in [-0.25, -0.2) is 4.90 Å². The minimum Gasteiger partial charge on any atom is -0.268 e. The second kappa shape index (κ2) is 5.55. The summed E-state index contributed by atoms with van der Waals surface area (Å²) in [6.45, 7) is 0. The van der Waals surface area contributed by atoms with Crippen LogP contribution in [0.5, 0.6) is 0 Å². The van der Waals surface area contributed by atoms with E-state index in [9.17, 15) is 32.9 Å². The van der Waals surface area contributed by atoms with Crippen molar-refractivity contribution in [1.29, 1.82) is 0 Å². The third-order valence-corrected chi connectivity index (χ3v) is 3.91. The Balaban J connectivity index is 2.05. The summed E-state index contributed by atoms with van der Waals surface area (Å²) in [4.78, 5) is 35.4. The first kappa shape index (κ1) is 16.9. The molecule has 128 valence electrons. The van der Waals surface area contributed by atoms with E-state index in [-0.39, 0.29) is 22.5 Å². The SMILES string of the molecule is O=C1c2ccc([N+](=O)[O-])cc2C(=O)N1c1ccc(C(F)(F)F)c(Cl)c1. The fraction of sp³-hybridized carbons (Fsp3) is 0.0667. The van der Waals surface area contributed by atoms with E-state index < -0.39 is 33.5 Å². The molecular formula is C15H6ClF3N2O4. The Morgan fingerprint density at radius 2 is 1.64 bits per heavy atom. The van der Waals surface area contributed by atoms with Crippen LogP contribution in [0, 0.1) is 10.1 Å². The molecule has 2 amide bonds. The Morgan fingerprint density at radius 3 is 2.20 bits per heavy atom. The summed E-state index contributed by atoms with van der Waals surface area (Å²) in [6, 6.07) is 5.57. The minimum absolute atomic E-state index is 0.0772. The van der Waals surface area contributed by atoms with Crippen LogP contribution in [0.3, 0.4) is 0 Å². The molecule has 0 N–H and O–H groups in total. The van der Waals surface area contributed by atoms with Crippen LogP contribution in [-0.2, 0) is 6.18 Å². The maximum absolute atomic E-state index is 12.8. The van der Waals surface area contributed by atoms with Crippen molar-refractivity contribution < 1.29 is 27.7 Å². The van der Waals surface area contributed by atoms with Crippen molar-refractivity contribution in [2.75, 3.05) is 4.90 Å². The number of carbonyl (C=O) groups excluding carboxylic acids is 2. The summed E-state index contributed by atoms with van der Waals surface area (Å²) in [7, 11) is 0. The van der Waals surface area contributed by atoms with E-state index in [1.807, 2.05) is 0 Å². The first-order chi connectivity index (χ1) is 11.6. The van der Waals surface area contributed by atoms with Crippen LogP contribution in [-0.4, -0.2) is 16.7 Å². The second-order valence-electron chi connectivity index (χ2n) is 5.09. The van der Waals surface area contributed by atoms with Gasteiger partial charge in [0.25, 0.3) is 17.5 Å². The van der Waals surface area contributed by atoms with Gasteiger partial charge in [-0.2, -0.15) is 13.2 Å². The average molecular weight is 371 g/mol. The highest BCUT2D eigenvalue weighted by atomic mass is 35.5. The quantitative estimate of drug-likeness (QED) is 0.453. The van der Waals surface area contributed by atoms with E-state index in [4.69, 9.17) is 11.6 Å². The van der Waals surface area contributed by atoms with Gasteiger partial charge >= 0.3 is 6.18 Å². The molecule has 0 bridgehead atoms. The largest absolute Gasteiger partial charge is 0.417 e. The van der Waals surface area contributed by atoms with Crippen LogP contribution < -0.4 is 4.90 Å². The molecule has 3 rings (SSSR count). The number of fused-ring (bicyclic) bond motifs is 1. The normalized spacial score (nSPS) is 14.0. The Labute approximate surface area is 142 Å². The minimum atomic E-state index is -4.68. The Bertz CT molecular complexity index is 943. The number of nitro groups is 1. The highest BCUT2D eigenvalue weighted by Gasteiger charge is 2.39. The van der Waals surface area contributed by atoms with Crippen LogP contribution in [0.25, 0.3) is 0 Å². The molecule has 0 spiro atoms. The van der Waals surface area contributed by atoms with Crippen molar-refractivity contribution in [3.8, 4) is 0 Å². The maximum Gasteiger partial charge on any atom is 0.417 e. The van der Waals surface area contributed by atoms with Crippen molar-refractivity contribution in [3.63, 3.8) is 0 Å². The molecule has 0 unspecified atom stereocenters. The van der Waals surface area contributed by atoms with Crippen molar-refractivity contribution in [2.45, 2.75) is 6.18 Å². The molecular weight excluding hydrogens is 365 g/mol. The number of hydrogen-bond donors (Lipinski definition) is 0. The number of nitrogens with zero attached hydrogens (tertiary/aromatic N) is 2. The molecule has 0 saturated carbocycles. The van der Waals surface area contributed by atoms with Crippen LogP contribution >= 0.6 is 11.6 Å². The Hall–Kier alpha value is -2.94. The van der Waals surface area contributed by atoms with Crippen molar-refractivity contribution in [2.24, 2.45) is 0 Å². The van der Waals surface area contributed by atoms with E-state index in [1.165, 1.54) is 0 Å². The number of amides is 2. The number of hydrogen-bond acceptors (Lipinski definition) is 4. The van der Waals surface area contributed by atoms with E-state index in [0.29, 0.717) is 11.0 Å². The fourth-order valence-corrected chi connectivity index (χ4v) is 2.73. The summed E-state index contributed by atoms with van der Waals surface area (Å²) >= 11 is 5.61. The van der Waals surface area contributed by atoms with Gasteiger partial charge in [0.2, 0.25) is 0 Å². The van der Waals surface area contributed by atoms with Crippen molar-refractivity contribution >= 4 is 34.8 Å². The summed E-state index contributed by atoms with van der Waals surface area (Å²) in [5.74, 6) is -1.68. The van der Waals surface area contributed by atoms with Gasteiger partial charge in [0.05, 0.1) is 32.3 Å². The Morgan fingerprint density at radius 1 is 1.00 bits per heavy atom. The zero-order chi connectivity index (χ0) is 18.5. The summed E-state index contributed by atoms with van der Waals surface area (Å²) < 4.78 is 38.3. The number of carbonyl (C=O) groups is 2. The molecule has 0 aliphatic carbocycles. The van der Waals surface area contributed by atoms with Gasteiger partial charge in [0, 0.05) is 12.1 Å². The standard InChI is InChI=1S/C15H6ClF3N2O4/c16-12-6-7(2-4-11(12)15(17,18)19)20-13(22)9-3-1-8(21(24)25)5-10(9)14(20)23/h1-6H. The molecule has 6 nitrogen and oxygen atoms in total. The lowest BCUT2D eigenvalue weighted by Gasteiger charge is -2.16. The predicted molar refractivity (Wildman–Crippen MR) is 80.7 cm³/mol. The molecule has 2 aromatic carbocycles. The average Bonchev–Trinajstić information content (AvgIpc) is 2.77. The van der Waals surface area contributed by atoms with E-state index in [2.05, 4.69) is 0 Å². The van der Waals surface area contributed by atoms with Gasteiger partial charge in [0.1, 0.15) is 0 Å². The molecule has 0 atom stereocenters. The highest BCUT2D eigenvalue weighted by molar-refractivity contribution is 6.36. The smallest absolute Gasteiger partial charge is 0.268 e. The Kier molecular flexibility index (Phi) is 3.76. The topological polar surface area (TPSA) is 80.5 Å². The number of rotatable bonds is 2. The molecule has 10 heteroatoms.